The van der Waals surface area contributed by atoms with E-state index in [9.17, 15) is 0 Å². The van der Waals surface area contributed by atoms with Crippen molar-refractivity contribution in [3.8, 4) is 0 Å². The molecule has 0 amide bonds. The summed E-state index contributed by atoms with van der Waals surface area (Å²) in [5, 5.41) is 0. The fraction of sp³-hybridized carbons (Fsp3) is 1.00. The van der Waals surface area contributed by atoms with Crippen molar-refractivity contribution in [1.82, 2.24) is 0 Å². The molecule has 0 nitrogen and oxygen atoms in total. The Balaban J connectivity index is 3.69. The second-order valence-corrected chi connectivity index (χ2v) is 4.54. The highest BCUT2D eigenvalue weighted by atomic mass is 35.5. The minimum absolute atomic E-state index is 0.146. The van der Waals surface area contributed by atoms with Gasteiger partial charge in [0.2, 0.25) is 0 Å². The SMILES string of the molecule is CC(C)CCC(C)(CCl)CCl. The van der Waals surface area contributed by atoms with E-state index in [0.717, 1.165) is 12.3 Å². The van der Waals surface area contributed by atoms with Gasteiger partial charge in [-0.15, -0.1) is 23.2 Å². The highest BCUT2D eigenvalue weighted by Crippen LogP contribution is 2.28. The van der Waals surface area contributed by atoms with Crippen LogP contribution in [0.15, 0.2) is 0 Å². The predicted molar refractivity (Wildman–Crippen MR) is 53.6 cm³/mol. The van der Waals surface area contributed by atoms with Crippen LogP contribution in [0.2, 0.25) is 0 Å². The quantitative estimate of drug-likeness (QED) is 0.586. The van der Waals surface area contributed by atoms with Crippen LogP contribution in [0.25, 0.3) is 0 Å². The summed E-state index contributed by atoms with van der Waals surface area (Å²) in [6, 6.07) is 0. The van der Waals surface area contributed by atoms with E-state index in [-0.39, 0.29) is 5.41 Å². The van der Waals surface area contributed by atoms with Crippen LogP contribution in [0.1, 0.15) is 33.6 Å². The molecule has 0 N–H and O–H groups in total. The Hall–Kier alpha value is 0.580. The van der Waals surface area contributed by atoms with Crippen molar-refractivity contribution in [3.05, 3.63) is 0 Å². The van der Waals surface area contributed by atoms with Crippen LogP contribution in [0.3, 0.4) is 0 Å². The third kappa shape index (κ3) is 4.92. The average molecular weight is 197 g/mol. The highest BCUT2D eigenvalue weighted by Gasteiger charge is 2.21. The third-order valence-corrected chi connectivity index (χ3v) is 3.26. The second kappa shape index (κ2) is 5.27. The van der Waals surface area contributed by atoms with Crippen LogP contribution >= 0.6 is 23.2 Å². The lowest BCUT2D eigenvalue weighted by Crippen LogP contribution is -2.21. The number of hydrogen-bond acceptors (Lipinski definition) is 0. The molecule has 0 aliphatic carbocycles. The molecular formula is C9H18Cl2. The molecule has 0 aliphatic heterocycles. The zero-order valence-electron chi connectivity index (χ0n) is 7.66. The van der Waals surface area contributed by atoms with Gasteiger partial charge in [-0.1, -0.05) is 27.2 Å². The fourth-order valence-corrected chi connectivity index (χ4v) is 1.36. The molecule has 0 spiro atoms. The van der Waals surface area contributed by atoms with Crippen molar-refractivity contribution in [1.29, 1.82) is 0 Å². The van der Waals surface area contributed by atoms with E-state index in [1.165, 1.54) is 6.42 Å². The van der Waals surface area contributed by atoms with Crippen molar-refractivity contribution in [2.75, 3.05) is 11.8 Å². The molecule has 68 valence electrons. The zero-order chi connectivity index (χ0) is 8.91. The van der Waals surface area contributed by atoms with Crippen LogP contribution in [-0.2, 0) is 0 Å². The van der Waals surface area contributed by atoms with Crippen LogP contribution in [0.5, 0.6) is 0 Å². The topological polar surface area (TPSA) is 0 Å². The largest absolute Gasteiger partial charge is 0.126 e. The molecular weight excluding hydrogens is 179 g/mol. The maximum absolute atomic E-state index is 5.81. The van der Waals surface area contributed by atoms with E-state index in [1.807, 2.05) is 0 Å². The molecule has 0 rings (SSSR count). The molecule has 0 atom stereocenters. The lowest BCUT2D eigenvalue weighted by molar-refractivity contribution is 0.348. The van der Waals surface area contributed by atoms with Crippen molar-refractivity contribution in [3.63, 3.8) is 0 Å². The van der Waals surface area contributed by atoms with Crippen LogP contribution in [0.4, 0.5) is 0 Å². The Morgan fingerprint density at radius 3 is 1.91 bits per heavy atom. The van der Waals surface area contributed by atoms with Crippen LogP contribution in [0, 0.1) is 11.3 Å². The van der Waals surface area contributed by atoms with Crippen LogP contribution in [-0.4, -0.2) is 11.8 Å². The monoisotopic (exact) mass is 196 g/mol. The molecule has 0 bridgehead atoms. The van der Waals surface area contributed by atoms with Crippen LogP contribution < -0.4 is 0 Å². The van der Waals surface area contributed by atoms with Gasteiger partial charge in [0.25, 0.3) is 0 Å². The molecule has 0 aromatic rings. The minimum Gasteiger partial charge on any atom is -0.126 e. The van der Waals surface area contributed by atoms with Crippen molar-refractivity contribution in [2.24, 2.45) is 11.3 Å². The van der Waals surface area contributed by atoms with E-state index in [1.54, 1.807) is 0 Å². The molecule has 0 aromatic carbocycles. The summed E-state index contributed by atoms with van der Waals surface area (Å²) in [5.41, 5.74) is 0.146. The molecule has 0 saturated carbocycles. The Bertz CT molecular complexity index is 95.7. The van der Waals surface area contributed by atoms with Gasteiger partial charge in [-0.3, -0.25) is 0 Å². The number of alkyl halides is 2. The van der Waals surface area contributed by atoms with Gasteiger partial charge in [0.05, 0.1) is 0 Å². The first-order valence-electron chi connectivity index (χ1n) is 4.16. The lowest BCUT2D eigenvalue weighted by Gasteiger charge is -2.24. The van der Waals surface area contributed by atoms with Gasteiger partial charge in [0.1, 0.15) is 0 Å². The smallest absolute Gasteiger partial charge is 0.0288 e. The Kier molecular flexibility index (Phi) is 5.54. The van der Waals surface area contributed by atoms with Gasteiger partial charge >= 0.3 is 0 Å². The molecule has 0 heterocycles. The number of rotatable bonds is 5. The van der Waals surface area contributed by atoms with Crippen molar-refractivity contribution in [2.45, 2.75) is 33.6 Å². The first-order valence-corrected chi connectivity index (χ1v) is 5.23. The first-order chi connectivity index (χ1) is 5.04. The summed E-state index contributed by atoms with van der Waals surface area (Å²) in [4.78, 5) is 0. The first kappa shape index (κ1) is 11.6. The molecule has 0 radical (unpaired) electrons. The molecule has 11 heavy (non-hydrogen) atoms. The van der Waals surface area contributed by atoms with Crippen molar-refractivity contribution >= 4 is 23.2 Å². The summed E-state index contributed by atoms with van der Waals surface area (Å²) in [5.74, 6) is 2.09. The average Bonchev–Trinajstić information content (AvgIpc) is 2.00. The number of halogens is 2. The Labute approximate surface area is 80.3 Å². The highest BCUT2D eigenvalue weighted by molar-refractivity contribution is 6.21. The Morgan fingerprint density at radius 1 is 1.18 bits per heavy atom. The summed E-state index contributed by atoms with van der Waals surface area (Å²) >= 11 is 11.6. The summed E-state index contributed by atoms with van der Waals surface area (Å²) in [6.45, 7) is 6.60. The van der Waals surface area contributed by atoms with Gasteiger partial charge < -0.3 is 0 Å². The van der Waals surface area contributed by atoms with Gasteiger partial charge in [-0.2, -0.15) is 0 Å². The summed E-state index contributed by atoms with van der Waals surface area (Å²) in [6.07, 6.45) is 2.35. The van der Waals surface area contributed by atoms with E-state index in [4.69, 9.17) is 23.2 Å². The number of hydrogen-bond donors (Lipinski definition) is 0. The third-order valence-electron chi connectivity index (χ3n) is 1.97. The molecule has 2 heteroatoms. The van der Waals surface area contributed by atoms with Gasteiger partial charge in [-0.25, -0.2) is 0 Å². The second-order valence-electron chi connectivity index (χ2n) is 4.01. The van der Waals surface area contributed by atoms with E-state index in [0.29, 0.717) is 11.8 Å². The van der Waals surface area contributed by atoms with Gasteiger partial charge in [0, 0.05) is 11.8 Å². The van der Waals surface area contributed by atoms with E-state index < -0.39 is 0 Å². The minimum atomic E-state index is 0.146. The molecule has 0 aromatic heterocycles. The summed E-state index contributed by atoms with van der Waals surface area (Å²) in [7, 11) is 0. The normalized spacial score (nSPS) is 12.5. The standard InChI is InChI=1S/C9H18Cl2/c1-8(2)4-5-9(3,6-10)7-11/h8H,4-7H2,1-3H3. The van der Waals surface area contributed by atoms with Gasteiger partial charge in [0.15, 0.2) is 0 Å². The molecule has 0 aliphatic rings. The molecule has 0 saturated heterocycles. The lowest BCUT2D eigenvalue weighted by atomic mass is 9.87. The Morgan fingerprint density at radius 2 is 1.64 bits per heavy atom. The molecule has 0 unspecified atom stereocenters. The fourth-order valence-electron chi connectivity index (χ4n) is 0.806. The van der Waals surface area contributed by atoms with E-state index in [2.05, 4.69) is 20.8 Å². The predicted octanol–water partition coefficient (Wildman–Crippen LogP) is 3.91. The molecule has 0 fully saturated rings. The summed E-state index contributed by atoms with van der Waals surface area (Å²) < 4.78 is 0. The maximum atomic E-state index is 5.81. The zero-order valence-corrected chi connectivity index (χ0v) is 9.17. The maximum Gasteiger partial charge on any atom is 0.0288 e. The van der Waals surface area contributed by atoms with Crippen molar-refractivity contribution < 1.29 is 0 Å². The van der Waals surface area contributed by atoms with Gasteiger partial charge in [-0.05, 0) is 17.8 Å². The van der Waals surface area contributed by atoms with E-state index >= 15 is 0 Å².